The van der Waals surface area contributed by atoms with Crippen molar-refractivity contribution in [2.45, 2.75) is 32.6 Å². The maximum Gasteiger partial charge on any atom is 0.266 e. The number of anilines is 1. The molecule has 138 valence electrons. The first-order valence-electron chi connectivity index (χ1n) is 9.45. The van der Waals surface area contributed by atoms with E-state index in [9.17, 15) is 14.4 Å². The Morgan fingerprint density at radius 3 is 2.11 bits per heavy atom. The molecule has 0 saturated carbocycles. The van der Waals surface area contributed by atoms with Crippen LogP contribution in [0.1, 0.15) is 62.3 Å². The molecule has 5 heteroatoms. The Kier molecular flexibility index (Phi) is 4.52. The smallest absolute Gasteiger partial charge is 0.266 e. The standard InChI is InChI=1S/C22H22N2O3/c1-15-6-9-17(10-7-15)24-21(26)18-11-8-16(14-19(18)22(24)27)20(25)23-12-4-2-3-5-13-23/h6-11,14H,2-5,12-13H2,1H3. The largest absolute Gasteiger partial charge is 0.339 e. The molecule has 0 unspecified atom stereocenters. The molecule has 3 amide bonds. The summed E-state index contributed by atoms with van der Waals surface area (Å²) in [7, 11) is 0. The maximum absolute atomic E-state index is 12.9. The Labute approximate surface area is 158 Å². The Morgan fingerprint density at radius 2 is 1.44 bits per heavy atom. The zero-order chi connectivity index (χ0) is 19.0. The zero-order valence-electron chi connectivity index (χ0n) is 15.4. The first-order valence-corrected chi connectivity index (χ1v) is 9.45. The van der Waals surface area contributed by atoms with Crippen molar-refractivity contribution in [3.8, 4) is 0 Å². The van der Waals surface area contributed by atoms with E-state index in [-0.39, 0.29) is 17.7 Å². The van der Waals surface area contributed by atoms with Gasteiger partial charge in [-0.25, -0.2) is 4.90 Å². The summed E-state index contributed by atoms with van der Waals surface area (Å²) >= 11 is 0. The van der Waals surface area contributed by atoms with E-state index in [2.05, 4.69) is 0 Å². The Hall–Kier alpha value is -2.95. The van der Waals surface area contributed by atoms with Crippen LogP contribution < -0.4 is 4.90 Å². The molecule has 2 aromatic carbocycles. The van der Waals surface area contributed by atoms with E-state index in [1.54, 1.807) is 30.3 Å². The first-order chi connectivity index (χ1) is 13.1. The SMILES string of the molecule is Cc1ccc(N2C(=O)c3ccc(C(=O)N4CCCCCC4)cc3C2=O)cc1. The van der Waals surface area contributed by atoms with E-state index < -0.39 is 0 Å². The van der Waals surface area contributed by atoms with Gasteiger partial charge < -0.3 is 4.90 Å². The summed E-state index contributed by atoms with van der Waals surface area (Å²) in [6, 6.07) is 12.1. The van der Waals surface area contributed by atoms with Crippen molar-refractivity contribution in [3.63, 3.8) is 0 Å². The van der Waals surface area contributed by atoms with E-state index in [0.717, 1.165) is 44.3 Å². The number of likely N-dealkylation sites (tertiary alicyclic amines) is 1. The van der Waals surface area contributed by atoms with Crippen molar-refractivity contribution < 1.29 is 14.4 Å². The van der Waals surface area contributed by atoms with Crippen LogP contribution in [0.4, 0.5) is 5.69 Å². The molecular weight excluding hydrogens is 340 g/mol. The Morgan fingerprint density at radius 1 is 0.815 bits per heavy atom. The molecule has 27 heavy (non-hydrogen) atoms. The monoisotopic (exact) mass is 362 g/mol. The lowest BCUT2D eigenvalue weighted by atomic mass is 10.0. The van der Waals surface area contributed by atoms with Crippen LogP contribution in [0.3, 0.4) is 0 Å². The molecule has 4 rings (SSSR count). The third-order valence-corrected chi connectivity index (χ3v) is 5.32. The van der Waals surface area contributed by atoms with Crippen molar-refractivity contribution in [2.75, 3.05) is 18.0 Å². The van der Waals surface area contributed by atoms with Gasteiger partial charge in [0.1, 0.15) is 0 Å². The van der Waals surface area contributed by atoms with Gasteiger partial charge in [-0.2, -0.15) is 0 Å². The molecule has 0 radical (unpaired) electrons. The first kappa shape index (κ1) is 17.5. The topological polar surface area (TPSA) is 57.7 Å². The summed E-state index contributed by atoms with van der Waals surface area (Å²) in [4.78, 5) is 41.5. The number of fused-ring (bicyclic) bond motifs is 1. The van der Waals surface area contributed by atoms with Crippen LogP contribution in [0.15, 0.2) is 42.5 Å². The summed E-state index contributed by atoms with van der Waals surface area (Å²) in [6.07, 6.45) is 4.31. The number of rotatable bonds is 2. The molecule has 1 fully saturated rings. The fourth-order valence-corrected chi connectivity index (χ4v) is 3.76. The molecule has 0 aromatic heterocycles. The van der Waals surface area contributed by atoms with Crippen LogP contribution in [-0.4, -0.2) is 35.7 Å². The minimum absolute atomic E-state index is 0.0614. The van der Waals surface area contributed by atoms with Crippen molar-refractivity contribution in [1.29, 1.82) is 0 Å². The van der Waals surface area contributed by atoms with Crippen LogP contribution in [0, 0.1) is 6.92 Å². The zero-order valence-corrected chi connectivity index (χ0v) is 15.4. The van der Waals surface area contributed by atoms with Gasteiger partial charge in [0.15, 0.2) is 0 Å². The van der Waals surface area contributed by atoms with Gasteiger partial charge in [-0.15, -0.1) is 0 Å². The highest BCUT2D eigenvalue weighted by atomic mass is 16.2. The maximum atomic E-state index is 12.9. The summed E-state index contributed by atoms with van der Waals surface area (Å²) in [5.41, 5.74) is 2.74. The summed E-state index contributed by atoms with van der Waals surface area (Å²) < 4.78 is 0. The molecule has 2 heterocycles. The number of nitrogens with zero attached hydrogens (tertiary/aromatic N) is 2. The predicted molar refractivity (Wildman–Crippen MR) is 103 cm³/mol. The summed E-state index contributed by atoms with van der Waals surface area (Å²) in [6.45, 7) is 3.45. The molecule has 0 aliphatic carbocycles. The van der Waals surface area contributed by atoms with Crippen LogP contribution in [0.5, 0.6) is 0 Å². The average molecular weight is 362 g/mol. The quantitative estimate of drug-likeness (QED) is 0.763. The second-order valence-corrected chi connectivity index (χ2v) is 7.25. The molecule has 2 aliphatic heterocycles. The minimum atomic E-state index is -0.371. The highest BCUT2D eigenvalue weighted by molar-refractivity contribution is 6.34. The lowest BCUT2D eigenvalue weighted by molar-refractivity contribution is 0.0761. The fraction of sp³-hybridized carbons (Fsp3) is 0.318. The van der Waals surface area contributed by atoms with E-state index >= 15 is 0 Å². The van der Waals surface area contributed by atoms with Crippen molar-refractivity contribution in [3.05, 3.63) is 64.7 Å². The summed E-state index contributed by atoms with van der Waals surface area (Å²) in [5, 5.41) is 0. The predicted octanol–water partition coefficient (Wildman–Crippen LogP) is 3.81. The molecule has 1 saturated heterocycles. The van der Waals surface area contributed by atoms with Gasteiger partial charge in [-0.05, 0) is 50.1 Å². The fourth-order valence-electron chi connectivity index (χ4n) is 3.76. The molecule has 0 spiro atoms. The van der Waals surface area contributed by atoms with Crippen LogP contribution in [0.2, 0.25) is 0 Å². The van der Waals surface area contributed by atoms with E-state index in [1.165, 1.54) is 4.90 Å². The number of carbonyl (C=O) groups excluding carboxylic acids is 3. The van der Waals surface area contributed by atoms with Gasteiger partial charge in [-0.1, -0.05) is 30.5 Å². The Bertz CT molecular complexity index is 910. The molecule has 5 nitrogen and oxygen atoms in total. The van der Waals surface area contributed by atoms with Gasteiger partial charge in [-0.3, -0.25) is 14.4 Å². The molecule has 2 aromatic rings. The van der Waals surface area contributed by atoms with E-state index in [0.29, 0.717) is 22.4 Å². The van der Waals surface area contributed by atoms with Gasteiger partial charge >= 0.3 is 0 Å². The molecule has 2 aliphatic rings. The van der Waals surface area contributed by atoms with Crippen LogP contribution in [-0.2, 0) is 0 Å². The van der Waals surface area contributed by atoms with Crippen LogP contribution >= 0.6 is 0 Å². The normalized spacial score (nSPS) is 17.1. The molecule has 0 bridgehead atoms. The van der Waals surface area contributed by atoms with Crippen molar-refractivity contribution in [1.82, 2.24) is 4.90 Å². The number of aryl methyl sites for hydroxylation is 1. The number of hydrogen-bond acceptors (Lipinski definition) is 3. The van der Waals surface area contributed by atoms with Gasteiger partial charge in [0, 0.05) is 18.7 Å². The van der Waals surface area contributed by atoms with Gasteiger partial charge in [0.2, 0.25) is 0 Å². The second-order valence-electron chi connectivity index (χ2n) is 7.25. The number of hydrogen-bond donors (Lipinski definition) is 0. The van der Waals surface area contributed by atoms with Crippen molar-refractivity contribution >= 4 is 23.4 Å². The number of carbonyl (C=O) groups is 3. The third-order valence-electron chi connectivity index (χ3n) is 5.32. The second kappa shape index (κ2) is 6.99. The molecular formula is C22H22N2O3. The van der Waals surface area contributed by atoms with E-state index in [1.807, 2.05) is 24.0 Å². The van der Waals surface area contributed by atoms with Gasteiger partial charge in [0.25, 0.3) is 17.7 Å². The average Bonchev–Trinajstić information content (AvgIpc) is 2.87. The lowest BCUT2D eigenvalue weighted by Crippen LogP contribution is -2.32. The van der Waals surface area contributed by atoms with Crippen LogP contribution in [0.25, 0.3) is 0 Å². The molecule has 0 atom stereocenters. The summed E-state index contributed by atoms with van der Waals surface area (Å²) in [5.74, 6) is -0.772. The lowest BCUT2D eigenvalue weighted by Gasteiger charge is -2.20. The third kappa shape index (κ3) is 3.14. The van der Waals surface area contributed by atoms with E-state index in [4.69, 9.17) is 0 Å². The number of amides is 3. The molecule has 0 N–H and O–H groups in total. The number of benzene rings is 2. The van der Waals surface area contributed by atoms with Gasteiger partial charge in [0.05, 0.1) is 16.8 Å². The highest BCUT2D eigenvalue weighted by Crippen LogP contribution is 2.29. The minimum Gasteiger partial charge on any atom is -0.339 e. The highest BCUT2D eigenvalue weighted by Gasteiger charge is 2.37. The van der Waals surface area contributed by atoms with Crippen molar-refractivity contribution in [2.24, 2.45) is 0 Å². The number of imide groups is 1. The Balaban J connectivity index is 1.64.